The zero-order chi connectivity index (χ0) is 14.1. The van der Waals surface area contributed by atoms with Crippen molar-refractivity contribution in [2.75, 3.05) is 39.3 Å². The van der Waals surface area contributed by atoms with E-state index >= 15 is 0 Å². The summed E-state index contributed by atoms with van der Waals surface area (Å²) in [5.41, 5.74) is 2.46. The Morgan fingerprint density at radius 1 is 1.35 bits per heavy atom. The SMILES string of the molecule is CCNC(Cc1cc(C)nn1C)C1CN2CCN1CC2. The van der Waals surface area contributed by atoms with Gasteiger partial charge >= 0.3 is 0 Å². The second kappa shape index (κ2) is 5.84. The Hall–Kier alpha value is -0.910. The highest BCUT2D eigenvalue weighted by Gasteiger charge is 2.36. The quantitative estimate of drug-likeness (QED) is 0.837. The third-order valence-corrected chi connectivity index (χ3v) is 4.78. The Labute approximate surface area is 121 Å². The Morgan fingerprint density at radius 3 is 2.60 bits per heavy atom. The number of nitrogens with one attached hydrogen (secondary N) is 1. The van der Waals surface area contributed by atoms with Crippen LogP contribution >= 0.6 is 0 Å². The van der Waals surface area contributed by atoms with Gasteiger partial charge in [-0.25, -0.2) is 0 Å². The number of piperazine rings is 3. The zero-order valence-corrected chi connectivity index (χ0v) is 13.0. The predicted octanol–water partition coefficient (Wildman–Crippen LogP) is 0.249. The molecule has 1 aromatic rings. The summed E-state index contributed by atoms with van der Waals surface area (Å²) in [6.07, 6.45) is 1.07. The molecule has 3 aliphatic heterocycles. The number of nitrogens with zero attached hydrogens (tertiary/aromatic N) is 4. The molecule has 4 rings (SSSR count). The van der Waals surface area contributed by atoms with Crippen molar-refractivity contribution in [1.29, 1.82) is 0 Å². The fraction of sp³-hybridized carbons (Fsp3) is 0.800. The second-order valence-electron chi connectivity index (χ2n) is 6.17. The molecule has 0 aliphatic carbocycles. The third-order valence-electron chi connectivity index (χ3n) is 4.78. The van der Waals surface area contributed by atoms with Crippen LogP contribution in [-0.4, -0.2) is 70.9 Å². The lowest BCUT2D eigenvalue weighted by Gasteiger charge is -2.50. The van der Waals surface area contributed by atoms with E-state index in [2.05, 4.69) is 47.2 Å². The van der Waals surface area contributed by atoms with Crippen LogP contribution < -0.4 is 5.32 Å². The average Bonchev–Trinajstić information content (AvgIpc) is 2.77. The van der Waals surface area contributed by atoms with Crippen molar-refractivity contribution in [3.8, 4) is 0 Å². The van der Waals surface area contributed by atoms with Crippen molar-refractivity contribution in [2.24, 2.45) is 7.05 Å². The van der Waals surface area contributed by atoms with E-state index in [0.29, 0.717) is 12.1 Å². The van der Waals surface area contributed by atoms with Gasteiger partial charge in [0.2, 0.25) is 0 Å². The maximum atomic E-state index is 4.48. The molecule has 2 unspecified atom stereocenters. The van der Waals surface area contributed by atoms with E-state index in [4.69, 9.17) is 0 Å². The van der Waals surface area contributed by atoms with Crippen molar-refractivity contribution < 1.29 is 0 Å². The number of hydrogen-bond acceptors (Lipinski definition) is 4. The summed E-state index contributed by atoms with van der Waals surface area (Å²) in [6.45, 7) is 11.5. The smallest absolute Gasteiger partial charge is 0.0596 e. The van der Waals surface area contributed by atoms with E-state index in [1.165, 1.54) is 38.4 Å². The van der Waals surface area contributed by atoms with Crippen LogP contribution in [0.25, 0.3) is 0 Å². The number of fused-ring (bicyclic) bond motifs is 3. The molecule has 1 aromatic heterocycles. The lowest BCUT2D eigenvalue weighted by Crippen LogP contribution is -2.66. The Morgan fingerprint density at radius 2 is 2.10 bits per heavy atom. The molecule has 5 nitrogen and oxygen atoms in total. The van der Waals surface area contributed by atoms with Gasteiger partial charge in [-0.1, -0.05) is 6.92 Å². The molecule has 112 valence electrons. The van der Waals surface area contributed by atoms with Gasteiger partial charge in [0.1, 0.15) is 0 Å². The molecule has 0 spiro atoms. The van der Waals surface area contributed by atoms with Crippen molar-refractivity contribution in [2.45, 2.75) is 32.4 Å². The maximum absolute atomic E-state index is 4.48. The predicted molar refractivity (Wildman–Crippen MR) is 80.9 cm³/mol. The molecular formula is C15H27N5. The first-order valence-corrected chi connectivity index (χ1v) is 7.86. The highest BCUT2D eigenvalue weighted by molar-refractivity contribution is 5.12. The van der Waals surface area contributed by atoms with Gasteiger partial charge in [-0.3, -0.25) is 14.5 Å². The first kappa shape index (κ1) is 14.0. The molecule has 2 atom stereocenters. The lowest BCUT2D eigenvalue weighted by atomic mass is 9.96. The Balaban J connectivity index is 1.73. The second-order valence-corrected chi connectivity index (χ2v) is 6.17. The summed E-state index contributed by atoms with van der Waals surface area (Å²) in [7, 11) is 2.06. The minimum absolute atomic E-state index is 0.526. The summed E-state index contributed by atoms with van der Waals surface area (Å²) < 4.78 is 2.04. The maximum Gasteiger partial charge on any atom is 0.0596 e. The molecule has 3 saturated heterocycles. The van der Waals surface area contributed by atoms with E-state index in [-0.39, 0.29) is 0 Å². The zero-order valence-electron chi connectivity index (χ0n) is 13.0. The van der Waals surface area contributed by atoms with Crippen LogP contribution in [0, 0.1) is 6.92 Å². The molecule has 20 heavy (non-hydrogen) atoms. The van der Waals surface area contributed by atoms with Crippen LogP contribution in [0.4, 0.5) is 0 Å². The first-order chi connectivity index (χ1) is 9.67. The summed E-state index contributed by atoms with van der Waals surface area (Å²) >= 11 is 0. The fourth-order valence-corrected chi connectivity index (χ4v) is 3.73. The standard InChI is InChI=1S/C15H27N5/c1-4-16-14(10-13-9-12(2)17-18(13)3)15-11-19-5-7-20(15)8-6-19/h9,14-16H,4-8,10-11H2,1-3H3. The molecule has 3 fully saturated rings. The van der Waals surface area contributed by atoms with Gasteiger partial charge in [0, 0.05) is 64.0 Å². The molecule has 0 aromatic carbocycles. The summed E-state index contributed by atoms with van der Waals surface area (Å²) in [6, 6.07) is 3.40. The Bertz CT molecular complexity index is 447. The van der Waals surface area contributed by atoms with E-state index in [9.17, 15) is 0 Å². The molecule has 2 bridgehead atoms. The Kier molecular flexibility index (Phi) is 4.10. The molecule has 4 heterocycles. The number of aromatic nitrogens is 2. The van der Waals surface area contributed by atoms with Gasteiger partial charge in [0.25, 0.3) is 0 Å². The number of aryl methyl sites for hydroxylation is 2. The van der Waals surface area contributed by atoms with Gasteiger partial charge in [-0.15, -0.1) is 0 Å². The van der Waals surface area contributed by atoms with Crippen LogP contribution in [0.15, 0.2) is 6.07 Å². The lowest BCUT2D eigenvalue weighted by molar-refractivity contribution is -0.00313. The van der Waals surface area contributed by atoms with Crippen LogP contribution in [0.3, 0.4) is 0 Å². The average molecular weight is 277 g/mol. The van der Waals surface area contributed by atoms with Gasteiger partial charge < -0.3 is 5.32 Å². The largest absolute Gasteiger partial charge is 0.312 e. The van der Waals surface area contributed by atoms with E-state index in [0.717, 1.165) is 18.7 Å². The normalized spacial score (nSPS) is 30.6. The molecule has 3 aliphatic rings. The molecule has 0 radical (unpaired) electrons. The number of hydrogen-bond donors (Lipinski definition) is 1. The minimum Gasteiger partial charge on any atom is -0.312 e. The topological polar surface area (TPSA) is 36.3 Å². The van der Waals surface area contributed by atoms with Gasteiger partial charge in [-0.2, -0.15) is 5.10 Å². The highest BCUT2D eigenvalue weighted by atomic mass is 15.4. The van der Waals surface area contributed by atoms with Gasteiger partial charge in [0.15, 0.2) is 0 Å². The monoisotopic (exact) mass is 277 g/mol. The molecular weight excluding hydrogens is 250 g/mol. The van der Waals surface area contributed by atoms with Gasteiger partial charge in [0.05, 0.1) is 5.69 Å². The van der Waals surface area contributed by atoms with Crippen LogP contribution in [0.5, 0.6) is 0 Å². The van der Waals surface area contributed by atoms with Crippen LogP contribution in [0.1, 0.15) is 18.3 Å². The number of likely N-dealkylation sites (N-methyl/N-ethyl adjacent to an activating group) is 1. The highest BCUT2D eigenvalue weighted by Crippen LogP contribution is 2.20. The van der Waals surface area contributed by atoms with Crippen molar-refractivity contribution >= 4 is 0 Å². The minimum atomic E-state index is 0.526. The van der Waals surface area contributed by atoms with Crippen LogP contribution in [-0.2, 0) is 13.5 Å². The summed E-state index contributed by atoms with van der Waals surface area (Å²) in [5, 5.41) is 8.19. The van der Waals surface area contributed by atoms with Crippen LogP contribution in [0.2, 0.25) is 0 Å². The van der Waals surface area contributed by atoms with E-state index < -0.39 is 0 Å². The van der Waals surface area contributed by atoms with Gasteiger partial charge in [-0.05, 0) is 19.5 Å². The first-order valence-electron chi connectivity index (χ1n) is 7.86. The summed E-state index contributed by atoms with van der Waals surface area (Å²) in [5.74, 6) is 0. The number of rotatable bonds is 5. The fourth-order valence-electron chi connectivity index (χ4n) is 3.73. The van der Waals surface area contributed by atoms with Crippen molar-refractivity contribution in [3.05, 3.63) is 17.5 Å². The molecule has 0 saturated carbocycles. The third kappa shape index (κ3) is 2.75. The van der Waals surface area contributed by atoms with E-state index in [1.807, 2.05) is 4.68 Å². The van der Waals surface area contributed by atoms with E-state index in [1.54, 1.807) is 0 Å². The molecule has 1 N–H and O–H groups in total. The molecule has 5 heteroatoms. The summed E-state index contributed by atoms with van der Waals surface area (Å²) in [4.78, 5) is 5.29. The van der Waals surface area contributed by atoms with Crippen molar-refractivity contribution in [3.63, 3.8) is 0 Å². The molecule has 0 amide bonds. The van der Waals surface area contributed by atoms with Crippen molar-refractivity contribution in [1.82, 2.24) is 24.9 Å².